The molecule has 120 valence electrons. The molecule has 1 N–H and O–H groups in total. The van der Waals surface area contributed by atoms with Crippen LogP contribution in [-0.2, 0) is 17.6 Å². The van der Waals surface area contributed by atoms with Crippen molar-refractivity contribution in [3.05, 3.63) is 58.9 Å². The first-order valence-corrected chi connectivity index (χ1v) is 7.58. The van der Waals surface area contributed by atoms with E-state index >= 15 is 0 Å². The van der Waals surface area contributed by atoms with E-state index in [0.717, 1.165) is 29.7 Å². The molecule has 1 amide bonds. The number of aromatic nitrogens is 1. The van der Waals surface area contributed by atoms with Gasteiger partial charge in [-0.2, -0.15) is 0 Å². The molecule has 5 nitrogen and oxygen atoms in total. The lowest BCUT2D eigenvalue weighted by Gasteiger charge is -2.14. The van der Waals surface area contributed by atoms with Crippen LogP contribution in [0.25, 0.3) is 0 Å². The Morgan fingerprint density at radius 2 is 1.57 bits per heavy atom. The standard InChI is InChI=1S/C18H20N2O3/c1-4-12-8-6-9-13(5-2)16(12)20-17(21)14-10-7-11-15(19-14)18(22)23-3/h6-11H,4-5H2,1-3H3,(H,20,21). The molecule has 1 aromatic heterocycles. The van der Waals surface area contributed by atoms with E-state index in [-0.39, 0.29) is 17.3 Å². The number of benzene rings is 1. The smallest absolute Gasteiger partial charge is 0.356 e. The molecule has 0 unspecified atom stereocenters. The molecule has 0 radical (unpaired) electrons. The number of aryl methyl sites for hydroxylation is 2. The van der Waals surface area contributed by atoms with E-state index in [1.54, 1.807) is 12.1 Å². The zero-order chi connectivity index (χ0) is 16.8. The predicted octanol–water partition coefficient (Wildman–Crippen LogP) is 3.25. The minimum atomic E-state index is -0.567. The minimum absolute atomic E-state index is 0.111. The van der Waals surface area contributed by atoms with Gasteiger partial charge in [-0.05, 0) is 36.1 Å². The van der Waals surface area contributed by atoms with Gasteiger partial charge in [0.2, 0.25) is 0 Å². The van der Waals surface area contributed by atoms with Crippen LogP contribution in [0.4, 0.5) is 5.69 Å². The van der Waals surface area contributed by atoms with Crippen molar-refractivity contribution in [3.63, 3.8) is 0 Å². The highest BCUT2D eigenvalue weighted by Crippen LogP contribution is 2.23. The average molecular weight is 312 g/mol. The molecule has 2 aromatic rings. The van der Waals surface area contributed by atoms with Gasteiger partial charge in [-0.15, -0.1) is 0 Å². The molecule has 1 heterocycles. The molecule has 0 fully saturated rings. The van der Waals surface area contributed by atoms with Gasteiger partial charge < -0.3 is 10.1 Å². The van der Waals surface area contributed by atoms with Crippen LogP contribution in [-0.4, -0.2) is 24.0 Å². The van der Waals surface area contributed by atoms with Gasteiger partial charge in [0.25, 0.3) is 5.91 Å². The van der Waals surface area contributed by atoms with E-state index in [4.69, 9.17) is 0 Å². The van der Waals surface area contributed by atoms with E-state index in [0.29, 0.717) is 0 Å². The summed E-state index contributed by atoms with van der Waals surface area (Å²) >= 11 is 0. The first-order chi connectivity index (χ1) is 11.1. The van der Waals surface area contributed by atoms with Gasteiger partial charge >= 0.3 is 5.97 Å². The molecule has 0 bridgehead atoms. The maximum atomic E-state index is 12.5. The van der Waals surface area contributed by atoms with Gasteiger partial charge in [-0.1, -0.05) is 38.1 Å². The molecule has 0 aliphatic rings. The van der Waals surface area contributed by atoms with Crippen LogP contribution >= 0.6 is 0 Å². The summed E-state index contributed by atoms with van der Waals surface area (Å²) in [4.78, 5) is 28.1. The molecule has 0 atom stereocenters. The Hall–Kier alpha value is -2.69. The van der Waals surface area contributed by atoms with Crippen LogP contribution in [0.1, 0.15) is 46.0 Å². The van der Waals surface area contributed by atoms with Gasteiger partial charge in [-0.25, -0.2) is 9.78 Å². The summed E-state index contributed by atoms with van der Waals surface area (Å²) in [5.41, 5.74) is 3.26. The number of hydrogen-bond acceptors (Lipinski definition) is 4. The van der Waals surface area contributed by atoms with Crippen LogP contribution in [0.15, 0.2) is 36.4 Å². The Morgan fingerprint density at radius 3 is 2.13 bits per heavy atom. The summed E-state index contributed by atoms with van der Waals surface area (Å²) in [6.45, 7) is 4.08. The first-order valence-electron chi connectivity index (χ1n) is 7.58. The third-order valence-corrected chi connectivity index (χ3v) is 3.61. The van der Waals surface area contributed by atoms with Crippen molar-refractivity contribution < 1.29 is 14.3 Å². The fourth-order valence-corrected chi connectivity index (χ4v) is 2.36. The summed E-state index contributed by atoms with van der Waals surface area (Å²) in [5, 5.41) is 2.93. The van der Waals surface area contributed by atoms with Crippen LogP contribution in [0.3, 0.4) is 0 Å². The molecule has 0 saturated heterocycles. The second kappa shape index (κ2) is 7.54. The Morgan fingerprint density at radius 1 is 1.00 bits per heavy atom. The molecule has 0 aliphatic heterocycles. The second-order valence-electron chi connectivity index (χ2n) is 5.01. The van der Waals surface area contributed by atoms with Crippen molar-refractivity contribution >= 4 is 17.6 Å². The lowest BCUT2D eigenvalue weighted by Crippen LogP contribution is -2.18. The van der Waals surface area contributed by atoms with E-state index in [9.17, 15) is 9.59 Å². The molecular formula is C18H20N2O3. The maximum absolute atomic E-state index is 12.5. The fraction of sp³-hybridized carbons (Fsp3) is 0.278. The number of anilines is 1. The van der Waals surface area contributed by atoms with Crippen molar-refractivity contribution in [2.24, 2.45) is 0 Å². The highest BCUT2D eigenvalue weighted by atomic mass is 16.5. The quantitative estimate of drug-likeness (QED) is 0.861. The summed E-state index contributed by atoms with van der Waals surface area (Å²) in [7, 11) is 1.28. The van der Waals surface area contributed by atoms with Crippen LogP contribution in [0.5, 0.6) is 0 Å². The van der Waals surface area contributed by atoms with E-state index in [1.807, 2.05) is 32.0 Å². The van der Waals surface area contributed by atoms with Crippen molar-refractivity contribution in [2.75, 3.05) is 12.4 Å². The normalized spacial score (nSPS) is 10.2. The third-order valence-electron chi connectivity index (χ3n) is 3.61. The number of carbonyl (C=O) groups excluding carboxylic acids is 2. The Kier molecular flexibility index (Phi) is 5.46. The highest BCUT2D eigenvalue weighted by molar-refractivity contribution is 6.04. The number of rotatable bonds is 5. The van der Waals surface area contributed by atoms with Gasteiger partial charge in [-0.3, -0.25) is 4.79 Å². The summed E-state index contributed by atoms with van der Waals surface area (Å²) in [5.74, 6) is -0.908. The predicted molar refractivity (Wildman–Crippen MR) is 88.7 cm³/mol. The number of hydrogen-bond donors (Lipinski definition) is 1. The molecule has 0 saturated carbocycles. The van der Waals surface area contributed by atoms with Crippen molar-refractivity contribution in [3.8, 4) is 0 Å². The first kappa shape index (κ1) is 16.7. The Labute approximate surface area is 135 Å². The Balaban J connectivity index is 2.31. The van der Waals surface area contributed by atoms with Gasteiger partial charge in [0.15, 0.2) is 0 Å². The summed E-state index contributed by atoms with van der Waals surface area (Å²) in [6, 6.07) is 10.7. The highest BCUT2D eigenvalue weighted by Gasteiger charge is 2.15. The minimum Gasteiger partial charge on any atom is -0.464 e. The number of methoxy groups -OCH3 is 1. The van der Waals surface area contributed by atoms with Gasteiger partial charge in [0, 0.05) is 5.69 Å². The number of amides is 1. The molecule has 5 heteroatoms. The average Bonchev–Trinajstić information content (AvgIpc) is 2.61. The zero-order valence-electron chi connectivity index (χ0n) is 13.6. The van der Waals surface area contributed by atoms with Crippen molar-refractivity contribution in [2.45, 2.75) is 26.7 Å². The summed E-state index contributed by atoms with van der Waals surface area (Å²) < 4.78 is 4.63. The van der Waals surface area contributed by atoms with Crippen molar-refractivity contribution in [1.82, 2.24) is 4.98 Å². The Bertz CT molecular complexity index is 704. The van der Waals surface area contributed by atoms with Crippen molar-refractivity contribution in [1.29, 1.82) is 0 Å². The number of para-hydroxylation sites is 1. The molecule has 2 rings (SSSR count). The monoisotopic (exact) mass is 312 g/mol. The number of carbonyl (C=O) groups is 2. The largest absolute Gasteiger partial charge is 0.464 e. The summed E-state index contributed by atoms with van der Waals surface area (Å²) in [6.07, 6.45) is 1.64. The molecule has 0 spiro atoms. The van der Waals surface area contributed by atoms with Gasteiger partial charge in [0.1, 0.15) is 11.4 Å². The van der Waals surface area contributed by atoms with Crippen LogP contribution < -0.4 is 5.32 Å². The number of nitrogens with one attached hydrogen (secondary N) is 1. The maximum Gasteiger partial charge on any atom is 0.356 e. The number of ether oxygens (including phenoxy) is 1. The van der Waals surface area contributed by atoms with E-state index in [2.05, 4.69) is 15.0 Å². The number of esters is 1. The second-order valence-corrected chi connectivity index (χ2v) is 5.01. The SMILES string of the molecule is CCc1cccc(CC)c1NC(=O)c1cccc(C(=O)OC)n1. The number of nitrogens with zero attached hydrogens (tertiary/aromatic N) is 1. The molecule has 23 heavy (non-hydrogen) atoms. The van der Waals surface area contributed by atoms with E-state index < -0.39 is 5.97 Å². The van der Waals surface area contributed by atoms with E-state index in [1.165, 1.54) is 13.2 Å². The number of pyridine rings is 1. The topological polar surface area (TPSA) is 68.3 Å². The van der Waals surface area contributed by atoms with Crippen LogP contribution in [0, 0.1) is 0 Å². The fourth-order valence-electron chi connectivity index (χ4n) is 2.36. The third kappa shape index (κ3) is 3.74. The van der Waals surface area contributed by atoms with Crippen LogP contribution in [0.2, 0.25) is 0 Å². The zero-order valence-corrected chi connectivity index (χ0v) is 13.6. The molecular weight excluding hydrogens is 292 g/mol. The lowest BCUT2D eigenvalue weighted by molar-refractivity contribution is 0.0594. The van der Waals surface area contributed by atoms with Gasteiger partial charge in [0.05, 0.1) is 7.11 Å². The molecule has 0 aliphatic carbocycles. The molecule has 1 aromatic carbocycles. The lowest BCUT2D eigenvalue weighted by atomic mass is 10.0.